The van der Waals surface area contributed by atoms with Crippen LogP contribution in [0.3, 0.4) is 0 Å². The Kier molecular flexibility index (Phi) is 4.43. The fourth-order valence-electron chi connectivity index (χ4n) is 3.30. The van der Waals surface area contributed by atoms with Gasteiger partial charge in [-0.05, 0) is 13.8 Å². The molecule has 3 aromatic heterocycles. The molecule has 9 nitrogen and oxygen atoms in total. The van der Waals surface area contributed by atoms with Crippen LogP contribution in [0.25, 0.3) is 22.6 Å². The lowest BCUT2D eigenvalue weighted by molar-refractivity contribution is -0.128. The van der Waals surface area contributed by atoms with Crippen LogP contribution in [0, 0.1) is 6.92 Å². The topological polar surface area (TPSA) is 98.9 Å². The zero-order valence-corrected chi connectivity index (χ0v) is 15.6. The normalized spacial score (nSPS) is 16.9. The maximum absolute atomic E-state index is 11.5. The van der Waals surface area contributed by atoms with Gasteiger partial charge in [0.05, 0.1) is 12.1 Å². The van der Waals surface area contributed by atoms with Crippen molar-refractivity contribution in [3.63, 3.8) is 0 Å². The van der Waals surface area contributed by atoms with Crippen LogP contribution in [0.1, 0.15) is 26.1 Å². The first-order valence-electron chi connectivity index (χ1n) is 8.99. The van der Waals surface area contributed by atoms with E-state index in [-0.39, 0.29) is 12.0 Å². The predicted molar refractivity (Wildman–Crippen MR) is 98.0 cm³/mol. The van der Waals surface area contributed by atoms with Crippen molar-refractivity contribution in [1.29, 1.82) is 0 Å². The molecule has 0 saturated carbocycles. The van der Waals surface area contributed by atoms with Gasteiger partial charge in [0.25, 0.3) is 0 Å². The number of hydrogen-bond acceptors (Lipinski definition) is 7. The Morgan fingerprint density at radius 1 is 1.26 bits per heavy atom. The van der Waals surface area contributed by atoms with Gasteiger partial charge in [0.15, 0.2) is 11.2 Å². The van der Waals surface area contributed by atoms with Crippen molar-refractivity contribution in [2.24, 2.45) is 0 Å². The summed E-state index contributed by atoms with van der Waals surface area (Å²) in [4.78, 5) is 35.3. The summed E-state index contributed by atoms with van der Waals surface area (Å²) < 4.78 is 8.08. The first kappa shape index (κ1) is 17.3. The zero-order chi connectivity index (χ0) is 19.0. The van der Waals surface area contributed by atoms with E-state index in [2.05, 4.69) is 19.9 Å². The molecule has 1 fully saturated rings. The standard InChI is InChI=1S/C18H21N7O2/c1-4-25-16(13-7-19-11(2)20-8-13)23-15-17(25)21-10-22-18(15)27-14-5-6-24(9-14)12(3)26/h7-8,10,14H,4-6,9H2,1-3H3/t14-/m0/s1. The molecule has 0 aromatic carbocycles. The third-order valence-corrected chi connectivity index (χ3v) is 4.72. The summed E-state index contributed by atoms with van der Waals surface area (Å²) in [5.74, 6) is 1.94. The van der Waals surface area contributed by atoms with E-state index >= 15 is 0 Å². The van der Waals surface area contributed by atoms with Crippen LogP contribution in [0.15, 0.2) is 18.7 Å². The fourth-order valence-corrected chi connectivity index (χ4v) is 3.30. The number of carbonyl (C=O) groups excluding carboxylic acids is 1. The third kappa shape index (κ3) is 3.20. The highest BCUT2D eigenvalue weighted by Crippen LogP contribution is 2.28. The van der Waals surface area contributed by atoms with Crippen LogP contribution in [0.5, 0.6) is 5.88 Å². The number of ether oxygens (including phenoxy) is 1. The summed E-state index contributed by atoms with van der Waals surface area (Å²) in [5.41, 5.74) is 2.13. The molecule has 0 N–H and O–H groups in total. The van der Waals surface area contributed by atoms with Gasteiger partial charge in [-0.15, -0.1) is 0 Å². The molecule has 1 aliphatic heterocycles. The summed E-state index contributed by atoms with van der Waals surface area (Å²) in [7, 11) is 0. The summed E-state index contributed by atoms with van der Waals surface area (Å²) >= 11 is 0. The molecule has 1 amide bonds. The molecule has 0 bridgehead atoms. The first-order chi connectivity index (χ1) is 13.1. The van der Waals surface area contributed by atoms with Gasteiger partial charge in [-0.2, -0.15) is 4.98 Å². The molecule has 27 heavy (non-hydrogen) atoms. The molecule has 0 unspecified atom stereocenters. The Labute approximate surface area is 156 Å². The number of imidazole rings is 1. The number of aryl methyl sites for hydroxylation is 2. The van der Waals surface area contributed by atoms with E-state index in [0.717, 1.165) is 17.8 Å². The molecule has 1 saturated heterocycles. The number of likely N-dealkylation sites (tertiary alicyclic amines) is 1. The number of carbonyl (C=O) groups is 1. The Morgan fingerprint density at radius 3 is 2.70 bits per heavy atom. The number of nitrogens with zero attached hydrogens (tertiary/aromatic N) is 7. The molecule has 1 aliphatic rings. The van der Waals surface area contributed by atoms with Crippen molar-refractivity contribution >= 4 is 17.1 Å². The molecular weight excluding hydrogens is 346 g/mol. The van der Waals surface area contributed by atoms with Gasteiger partial charge in [-0.3, -0.25) is 4.79 Å². The smallest absolute Gasteiger partial charge is 0.245 e. The number of aromatic nitrogens is 6. The lowest BCUT2D eigenvalue weighted by Gasteiger charge is -2.14. The van der Waals surface area contributed by atoms with Gasteiger partial charge in [-0.25, -0.2) is 19.9 Å². The molecule has 140 valence electrons. The van der Waals surface area contributed by atoms with E-state index in [9.17, 15) is 4.79 Å². The molecular formula is C18H21N7O2. The molecule has 0 spiro atoms. The SMILES string of the molecule is CCn1c(-c2cnc(C)nc2)nc2c(O[C@H]3CCN(C(C)=O)C3)ncnc21. The van der Waals surface area contributed by atoms with Crippen molar-refractivity contribution in [2.45, 2.75) is 39.8 Å². The average molecular weight is 367 g/mol. The van der Waals surface area contributed by atoms with Crippen molar-refractivity contribution in [2.75, 3.05) is 13.1 Å². The predicted octanol–water partition coefficient (Wildman–Crippen LogP) is 1.61. The van der Waals surface area contributed by atoms with Crippen molar-refractivity contribution < 1.29 is 9.53 Å². The third-order valence-electron chi connectivity index (χ3n) is 4.72. The number of hydrogen-bond donors (Lipinski definition) is 0. The molecule has 9 heteroatoms. The highest BCUT2D eigenvalue weighted by Gasteiger charge is 2.27. The fraction of sp³-hybridized carbons (Fsp3) is 0.444. The highest BCUT2D eigenvalue weighted by molar-refractivity contribution is 5.81. The maximum atomic E-state index is 11.5. The summed E-state index contributed by atoms with van der Waals surface area (Å²) in [6.07, 6.45) is 5.68. The minimum absolute atomic E-state index is 0.0610. The minimum Gasteiger partial charge on any atom is -0.471 e. The van der Waals surface area contributed by atoms with Crippen LogP contribution >= 0.6 is 0 Å². The summed E-state index contributed by atoms with van der Waals surface area (Å²) in [5, 5.41) is 0. The maximum Gasteiger partial charge on any atom is 0.245 e. The second kappa shape index (κ2) is 6.90. The van der Waals surface area contributed by atoms with Gasteiger partial charge in [0, 0.05) is 38.8 Å². The van der Waals surface area contributed by atoms with E-state index in [1.807, 2.05) is 18.4 Å². The Balaban J connectivity index is 1.71. The molecule has 3 aromatic rings. The van der Waals surface area contributed by atoms with Crippen LogP contribution in [-0.2, 0) is 11.3 Å². The number of rotatable bonds is 4. The van der Waals surface area contributed by atoms with Gasteiger partial charge in [0.1, 0.15) is 24.1 Å². The Morgan fingerprint density at radius 2 is 2.04 bits per heavy atom. The van der Waals surface area contributed by atoms with Crippen LogP contribution < -0.4 is 4.74 Å². The molecule has 0 aliphatic carbocycles. The van der Waals surface area contributed by atoms with Gasteiger partial charge >= 0.3 is 0 Å². The van der Waals surface area contributed by atoms with E-state index in [0.29, 0.717) is 42.5 Å². The second-order valence-electron chi connectivity index (χ2n) is 6.54. The van der Waals surface area contributed by atoms with Crippen LogP contribution in [0.4, 0.5) is 0 Å². The average Bonchev–Trinajstić information content (AvgIpc) is 3.27. The van der Waals surface area contributed by atoms with Crippen LogP contribution in [0.2, 0.25) is 0 Å². The van der Waals surface area contributed by atoms with Crippen molar-refractivity contribution in [1.82, 2.24) is 34.4 Å². The summed E-state index contributed by atoms with van der Waals surface area (Å²) in [6, 6.07) is 0. The summed E-state index contributed by atoms with van der Waals surface area (Å²) in [6.45, 7) is 7.40. The lowest BCUT2D eigenvalue weighted by atomic mass is 10.3. The van der Waals surface area contributed by atoms with Gasteiger partial charge < -0.3 is 14.2 Å². The van der Waals surface area contributed by atoms with E-state index in [1.165, 1.54) is 6.33 Å². The Bertz CT molecular complexity index is 983. The van der Waals surface area contributed by atoms with E-state index in [1.54, 1.807) is 24.2 Å². The van der Waals surface area contributed by atoms with Crippen molar-refractivity contribution in [3.8, 4) is 17.3 Å². The number of fused-ring (bicyclic) bond motifs is 1. The molecule has 4 rings (SSSR count). The van der Waals surface area contributed by atoms with E-state index in [4.69, 9.17) is 9.72 Å². The van der Waals surface area contributed by atoms with Gasteiger partial charge in [0.2, 0.25) is 11.8 Å². The highest BCUT2D eigenvalue weighted by atomic mass is 16.5. The van der Waals surface area contributed by atoms with Gasteiger partial charge in [-0.1, -0.05) is 0 Å². The van der Waals surface area contributed by atoms with Crippen molar-refractivity contribution in [3.05, 3.63) is 24.5 Å². The Hall–Kier alpha value is -3.10. The molecule has 0 radical (unpaired) electrons. The monoisotopic (exact) mass is 367 g/mol. The largest absolute Gasteiger partial charge is 0.471 e. The quantitative estimate of drug-likeness (QED) is 0.691. The zero-order valence-electron chi connectivity index (χ0n) is 15.6. The number of amides is 1. The second-order valence-corrected chi connectivity index (χ2v) is 6.54. The minimum atomic E-state index is -0.0927. The molecule has 1 atom stereocenters. The lowest BCUT2D eigenvalue weighted by Crippen LogP contribution is -2.28. The van der Waals surface area contributed by atoms with Crippen LogP contribution in [-0.4, -0.2) is 59.5 Å². The van der Waals surface area contributed by atoms with E-state index < -0.39 is 0 Å². The first-order valence-corrected chi connectivity index (χ1v) is 8.99. The molecule has 4 heterocycles.